The van der Waals surface area contributed by atoms with Gasteiger partial charge in [0.15, 0.2) is 0 Å². The lowest BCUT2D eigenvalue weighted by Gasteiger charge is -2.26. The standard InChI is InChI=1S/C8H19NO4Si/c1-6-7-11-14(10,12-8(2)3)13-9(4)5/h6,8,10H,1,7H2,2-5H3. The Morgan fingerprint density at radius 3 is 2.43 bits per heavy atom. The highest BCUT2D eigenvalue weighted by Gasteiger charge is 2.43. The molecule has 1 atom stereocenters. The van der Waals surface area contributed by atoms with E-state index in [1.165, 1.54) is 11.1 Å². The fraction of sp³-hybridized carbons (Fsp3) is 0.750. The smallest absolute Gasteiger partial charge is 0.366 e. The maximum Gasteiger partial charge on any atom is 0.694 e. The van der Waals surface area contributed by atoms with Crippen LogP contribution < -0.4 is 0 Å². The van der Waals surface area contributed by atoms with E-state index in [9.17, 15) is 4.80 Å². The zero-order valence-corrected chi connectivity index (χ0v) is 10.2. The second-order valence-electron chi connectivity index (χ2n) is 3.19. The summed E-state index contributed by atoms with van der Waals surface area (Å²) in [6.07, 6.45) is 1.37. The van der Waals surface area contributed by atoms with Gasteiger partial charge >= 0.3 is 9.05 Å². The third kappa shape index (κ3) is 6.25. The quantitative estimate of drug-likeness (QED) is 0.386. The molecule has 0 spiro atoms. The zero-order chi connectivity index (χ0) is 11.2. The minimum absolute atomic E-state index is 0.156. The molecule has 0 heterocycles. The van der Waals surface area contributed by atoms with Gasteiger partial charge in [-0.15, -0.1) is 6.58 Å². The first-order chi connectivity index (χ1) is 6.39. The van der Waals surface area contributed by atoms with Crippen LogP contribution in [0.5, 0.6) is 0 Å². The Hall–Kier alpha value is -0.243. The fourth-order valence-electron chi connectivity index (χ4n) is 0.775. The van der Waals surface area contributed by atoms with Gasteiger partial charge in [-0.3, -0.25) is 4.53 Å². The molecule has 0 aliphatic heterocycles. The molecule has 0 rings (SSSR count). The molecule has 6 heteroatoms. The predicted octanol–water partition coefficient (Wildman–Crippen LogP) is 0.535. The minimum atomic E-state index is -3.54. The number of hydroxylamine groups is 2. The summed E-state index contributed by atoms with van der Waals surface area (Å²) >= 11 is 0. The van der Waals surface area contributed by atoms with Crippen molar-refractivity contribution in [1.82, 2.24) is 5.06 Å². The Bertz CT molecular complexity index is 165. The summed E-state index contributed by atoms with van der Waals surface area (Å²) in [4.78, 5) is 9.87. The van der Waals surface area contributed by atoms with Gasteiger partial charge in [0.2, 0.25) is 0 Å². The van der Waals surface area contributed by atoms with Crippen LogP contribution in [-0.2, 0) is 13.4 Å². The topological polar surface area (TPSA) is 51.2 Å². The van der Waals surface area contributed by atoms with Gasteiger partial charge in [0, 0.05) is 20.2 Å². The van der Waals surface area contributed by atoms with Gasteiger partial charge in [0.25, 0.3) is 0 Å². The summed E-state index contributed by atoms with van der Waals surface area (Å²) in [5, 5.41) is 1.36. The number of hydrogen-bond donors (Lipinski definition) is 1. The minimum Gasteiger partial charge on any atom is -0.366 e. The average Bonchev–Trinajstić information content (AvgIpc) is 1.97. The van der Waals surface area contributed by atoms with Gasteiger partial charge in [0.05, 0.1) is 6.61 Å². The van der Waals surface area contributed by atoms with Crippen LogP contribution in [0.1, 0.15) is 13.8 Å². The van der Waals surface area contributed by atoms with E-state index in [1.807, 2.05) is 0 Å². The van der Waals surface area contributed by atoms with E-state index in [0.29, 0.717) is 0 Å². The molecule has 0 radical (unpaired) electrons. The Morgan fingerprint density at radius 2 is 2.07 bits per heavy atom. The molecule has 1 N–H and O–H groups in total. The van der Waals surface area contributed by atoms with Gasteiger partial charge < -0.3 is 13.6 Å². The first kappa shape index (κ1) is 13.8. The van der Waals surface area contributed by atoms with Crippen LogP contribution >= 0.6 is 0 Å². The van der Waals surface area contributed by atoms with E-state index in [4.69, 9.17) is 13.4 Å². The van der Waals surface area contributed by atoms with Crippen molar-refractivity contribution in [3.05, 3.63) is 12.7 Å². The molecule has 0 bridgehead atoms. The summed E-state index contributed by atoms with van der Waals surface area (Å²) in [5.41, 5.74) is 0. The molecule has 0 saturated heterocycles. The van der Waals surface area contributed by atoms with E-state index in [2.05, 4.69) is 6.58 Å². The number of rotatable bonds is 7. The number of nitrogens with zero attached hydrogens (tertiary/aromatic N) is 1. The average molecular weight is 221 g/mol. The number of hydrogen-bond acceptors (Lipinski definition) is 5. The zero-order valence-electron chi connectivity index (χ0n) is 9.19. The van der Waals surface area contributed by atoms with Crippen molar-refractivity contribution in [1.29, 1.82) is 0 Å². The highest BCUT2D eigenvalue weighted by molar-refractivity contribution is 6.51. The van der Waals surface area contributed by atoms with Gasteiger partial charge in [-0.1, -0.05) is 6.08 Å². The molecule has 5 nitrogen and oxygen atoms in total. The highest BCUT2D eigenvalue weighted by atomic mass is 28.4. The molecule has 84 valence electrons. The Balaban J connectivity index is 4.24. The van der Waals surface area contributed by atoms with Crippen LogP contribution in [0.2, 0.25) is 0 Å². The van der Waals surface area contributed by atoms with E-state index in [0.717, 1.165) is 0 Å². The van der Waals surface area contributed by atoms with Crippen LogP contribution in [0, 0.1) is 0 Å². The summed E-state index contributed by atoms with van der Waals surface area (Å²) in [6.45, 7) is 7.28. The molecule has 0 amide bonds. The molecule has 1 unspecified atom stereocenters. The molecule has 0 aliphatic rings. The van der Waals surface area contributed by atoms with Gasteiger partial charge in [-0.2, -0.15) is 0 Å². The summed E-state index contributed by atoms with van der Waals surface area (Å²) < 4.78 is 15.4. The van der Waals surface area contributed by atoms with Crippen molar-refractivity contribution in [2.45, 2.75) is 20.0 Å². The maximum atomic E-state index is 9.87. The van der Waals surface area contributed by atoms with Crippen LogP contribution in [0.15, 0.2) is 12.7 Å². The Kier molecular flexibility index (Phi) is 6.17. The van der Waals surface area contributed by atoms with Crippen molar-refractivity contribution in [3.63, 3.8) is 0 Å². The lowest BCUT2D eigenvalue weighted by Crippen LogP contribution is -2.51. The second kappa shape index (κ2) is 6.28. The van der Waals surface area contributed by atoms with E-state index in [-0.39, 0.29) is 12.7 Å². The van der Waals surface area contributed by atoms with Crippen molar-refractivity contribution < 1.29 is 18.2 Å². The van der Waals surface area contributed by atoms with Gasteiger partial charge in [0.1, 0.15) is 0 Å². The van der Waals surface area contributed by atoms with Crippen molar-refractivity contribution in [2.24, 2.45) is 0 Å². The SMILES string of the molecule is C=CCO[Si](O)(OC(C)C)ON(C)C. The van der Waals surface area contributed by atoms with Crippen molar-refractivity contribution in [3.8, 4) is 0 Å². The molecule has 0 aromatic heterocycles. The van der Waals surface area contributed by atoms with Crippen molar-refractivity contribution in [2.75, 3.05) is 20.7 Å². The largest absolute Gasteiger partial charge is 0.694 e. The van der Waals surface area contributed by atoms with Crippen LogP contribution in [0.4, 0.5) is 0 Å². The maximum absolute atomic E-state index is 9.87. The third-order valence-electron chi connectivity index (χ3n) is 1.07. The van der Waals surface area contributed by atoms with Gasteiger partial charge in [-0.25, -0.2) is 5.06 Å². The van der Waals surface area contributed by atoms with E-state index < -0.39 is 9.05 Å². The van der Waals surface area contributed by atoms with Crippen LogP contribution in [0.25, 0.3) is 0 Å². The summed E-state index contributed by atoms with van der Waals surface area (Å²) in [6, 6.07) is 0. The normalized spacial score (nSPS) is 15.9. The molecular weight excluding hydrogens is 202 g/mol. The fourth-order valence-corrected chi connectivity index (χ4v) is 2.32. The molecule has 0 fully saturated rings. The Morgan fingerprint density at radius 1 is 1.50 bits per heavy atom. The molecule has 0 saturated carbocycles. The first-order valence-electron chi connectivity index (χ1n) is 4.41. The molecular formula is C8H19NO4Si. The van der Waals surface area contributed by atoms with Crippen molar-refractivity contribution >= 4 is 9.05 Å². The van der Waals surface area contributed by atoms with E-state index >= 15 is 0 Å². The lowest BCUT2D eigenvalue weighted by atomic mass is 10.5. The Labute approximate surface area is 86.3 Å². The molecule has 0 aliphatic carbocycles. The molecule has 0 aromatic carbocycles. The lowest BCUT2D eigenvalue weighted by molar-refractivity contribution is -0.131. The summed E-state index contributed by atoms with van der Waals surface area (Å²) in [7, 11) is -0.238. The molecule has 14 heavy (non-hydrogen) atoms. The van der Waals surface area contributed by atoms with E-state index in [1.54, 1.807) is 27.9 Å². The predicted molar refractivity (Wildman–Crippen MR) is 55.1 cm³/mol. The highest BCUT2D eigenvalue weighted by Crippen LogP contribution is 2.09. The van der Waals surface area contributed by atoms with Crippen LogP contribution in [-0.4, -0.2) is 45.7 Å². The van der Waals surface area contributed by atoms with Crippen LogP contribution in [0.3, 0.4) is 0 Å². The molecule has 0 aromatic rings. The summed E-state index contributed by atoms with van der Waals surface area (Å²) in [5.74, 6) is 0. The van der Waals surface area contributed by atoms with Gasteiger partial charge in [-0.05, 0) is 13.8 Å². The second-order valence-corrected chi connectivity index (χ2v) is 4.95. The first-order valence-corrected chi connectivity index (χ1v) is 6.08. The third-order valence-corrected chi connectivity index (χ3v) is 2.96. The monoisotopic (exact) mass is 221 g/mol.